The Morgan fingerprint density at radius 2 is 1.48 bits per heavy atom. The number of amides is 1. The van der Waals surface area contributed by atoms with Gasteiger partial charge in [-0.25, -0.2) is 4.98 Å². The molecule has 8 bridgehead atoms. The Morgan fingerprint density at radius 1 is 0.833 bits per heavy atom. The summed E-state index contributed by atoms with van der Waals surface area (Å²) in [6, 6.07) is 6.43. The molecule has 1 fully saturated rings. The second kappa shape index (κ2) is 21.3. The number of carbonyl (C=O) groups excluding carboxylic acids is 5. The van der Waals surface area contributed by atoms with Crippen molar-refractivity contribution in [2.24, 2.45) is 0 Å². The number of hydrogen-bond donors (Lipinski definition) is 2. The van der Waals surface area contributed by atoms with E-state index >= 15 is 0 Å². The molecule has 0 radical (unpaired) electrons. The van der Waals surface area contributed by atoms with E-state index in [0.717, 1.165) is 73.5 Å². The highest BCUT2D eigenvalue weighted by molar-refractivity contribution is 7.99. The van der Waals surface area contributed by atoms with Gasteiger partial charge in [-0.2, -0.15) is 0 Å². The van der Waals surface area contributed by atoms with Crippen molar-refractivity contribution in [3.8, 4) is 0 Å². The van der Waals surface area contributed by atoms with E-state index in [0.29, 0.717) is 31.6 Å². The first kappa shape index (κ1) is 49.7. The lowest BCUT2D eigenvalue weighted by Gasteiger charge is -2.44. The van der Waals surface area contributed by atoms with Crippen molar-refractivity contribution < 1.29 is 47.7 Å². The Kier molecular flexibility index (Phi) is 16.0. The lowest BCUT2D eigenvalue weighted by Crippen LogP contribution is -2.61. The number of nitrogens with zero attached hydrogens (tertiary/aromatic N) is 3. The number of aryl methyl sites for hydroxylation is 3. The number of carbonyl (C=O) groups is 5. The fraction of sp³-hybridized carbons (Fsp3) is 0.500. The SMILES string of the molecule is C=Cc1c(C)c2cc3nc(c(C)c4nc(cc5[nH]c(cc1[nH]2)c(C)c5CC)C(C)=C4)[C@@H](CCC(=O)N(C)CCCS[C@@H]1O[C@H](COC(C)=O)[C@@H](OC(C)=O)[C@H](OC(C)=O)[C@H]1OC(C)=O)[C@@H]3C. The quantitative estimate of drug-likeness (QED) is 0.0841. The molecule has 3 aromatic rings. The number of thioether (sulfide) groups is 1. The van der Waals surface area contributed by atoms with Gasteiger partial charge in [0.1, 0.15) is 18.1 Å². The van der Waals surface area contributed by atoms with Crippen LogP contribution in [0.4, 0.5) is 0 Å². The normalized spacial score (nSPS) is 21.4. The minimum Gasteiger partial charge on any atom is -0.463 e. The van der Waals surface area contributed by atoms with E-state index in [1.807, 2.05) is 6.08 Å². The van der Waals surface area contributed by atoms with Crippen molar-refractivity contribution in [3.05, 3.63) is 75.4 Å². The van der Waals surface area contributed by atoms with E-state index in [-0.39, 0.29) is 24.3 Å². The van der Waals surface area contributed by atoms with Crippen LogP contribution in [0.15, 0.2) is 24.8 Å². The Labute approximate surface area is 390 Å². The molecular weight excluding hydrogens is 863 g/mol. The van der Waals surface area contributed by atoms with Crippen molar-refractivity contribution in [2.75, 3.05) is 26.0 Å². The molecule has 0 saturated carbocycles. The van der Waals surface area contributed by atoms with Gasteiger partial charge in [0.25, 0.3) is 0 Å². The molecule has 0 aliphatic carbocycles. The number of H-pyrrole nitrogens is 2. The predicted molar refractivity (Wildman–Crippen MR) is 255 cm³/mol. The standard InChI is InChI=1S/C50H63N5O10S/c1-13-34-27(5)40-23-43-35(14-2)26(4)39(52-43)22-41-28(6)36(46(54-41)29(7)38-20-25(3)37(51-38)21-42(34)53-40)16-17-45(60)55(12)18-15-19-66-50-49(64-33(11)59)48(63-32(10)58)47(62-31(9)57)44(65-50)24-61-30(8)56/h14,20-23,28,36,44,47-50,52-53H,2,13,15-19,24H2,1,3-12H3/t28-,36-,44+,47+,48-,49+,50-/m0/s1. The summed E-state index contributed by atoms with van der Waals surface area (Å²) < 4.78 is 28.1. The molecule has 3 aromatic heterocycles. The maximum Gasteiger partial charge on any atom is 0.303 e. The van der Waals surface area contributed by atoms with Crippen LogP contribution < -0.4 is 0 Å². The Bertz CT molecular complexity index is 2600. The molecule has 1 amide bonds. The van der Waals surface area contributed by atoms with Gasteiger partial charge in [-0.1, -0.05) is 26.5 Å². The molecule has 2 N–H and O–H groups in total. The average molecular weight is 926 g/mol. The van der Waals surface area contributed by atoms with Gasteiger partial charge in [0.05, 0.1) is 11.4 Å². The number of hydrogen-bond acceptors (Lipinski definition) is 13. The first-order valence-electron chi connectivity index (χ1n) is 22.5. The lowest BCUT2D eigenvalue weighted by molar-refractivity contribution is -0.237. The van der Waals surface area contributed by atoms with Gasteiger partial charge in [0, 0.05) is 98.6 Å². The van der Waals surface area contributed by atoms with Crippen LogP contribution in [0.25, 0.3) is 39.8 Å². The molecular formula is C50H63N5O10S. The number of aromatic amines is 2. The van der Waals surface area contributed by atoms with E-state index in [1.165, 1.54) is 50.6 Å². The van der Waals surface area contributed by atoms with Crippen molar-refractivity contribution in [2.45, 2.75) is 137 Å². The fourth-order valence-electron chi connectivity index (χ4n) is 9.10. The number of fused-ring (bicyclic) bond motifs is 8. The highest BCUT2D eigenvalue weighted by Crippen LogP contribution is 2.42. The molecule has 1 saturated heterocycles. The minimum absolute atomic E-state index is 0.00558. The van der Waals surface area contributed by atoms with Crippen LogP contribution in [0.1, 0.15) is 130 Å². The van der Waals surface area contributed by atoms with Crippen LogP contribution in [-0.2, 0) is 54.1 Å². The number of ether oxygens (including phenoxy) is 5. The zero-order chi connectivity index (χ0) is 48.1. The number of aromatic nitrogens is 4. The number of nitrogens with one attached hydrogen (secondary N) is 2. The van der Waals surface area contributed by atoms with Crippen molar-refractivity contribution in [1.29, 1.82) is 0 Å². The summed E-state index contributed by atoms with van der Waals surface area (Å²) in [4.78, 5) is 81.7. The van der Waals surface area contributed by atoms with Crippen LogP contribution in [0.3, 0.4) is 0 Å². The third-order valence-electron chi connectivity index (χ3n) is 12.6. The van der Waals surface area contributed by atoms with Crippen LogP contribution in [0.5, 0.6) is 0 Å². The van der Waals surface area contributed by atoms with E-state index in [9.17, 15) is 24.0 Å². The fourth-order valence-corrected chi connectivity index (χ4v) is 10.3. The molecule has 15 nitrogen and oxygen atoms in total. The van der Waals surface area contributed by atoms with Crippen molar-refractivity contribution >= 4 is 81.3 Å². The largest absolute Gasteiger partial charge is 0.463 e. The maximum atomic E-state index is 13.8. The topological polar surface area (TPSA) is 192 Å². The number of rotatable bonds is 15. The molecule has 3 aliphatic heterocycles. The first-order chi connectivity index (χ1) is 31.3. The third kappa shape index (κ3) is 11.1. The summed E-state index contributed by atoms with van der Waals surface area (Å²) in [5.41, 5.74) is 13.3. The summed E-state index contributed by atoms with van der Waals surface area (Å²) >= 11 is 1.29. The summed E-state index contributed by atoms with van der Waals surface area (Å²) in [6.07, 6.45) is 1.64. The lowest BCUT2D eigenvalue weighted by atomic mass is 9.85. The molecule has 66 heavy (non-hydrogen) atoms. The molecule has 3 aliphatic rings. The predicted octanol–water partition coefficient (Wildman–Crippen LogP) is 8.34. The average Bonchev–Trinajstić information content (AvgIpc) is 3.96. The minimum atomic E-state index is -1.24. The van der Waals surface area contributed by atoms with Crippen molar-refractivity contribution in [3.63, 3.8) is 0 Å². The molecule has 7 atom stereocenters. The van der Waals surface area contributed by atoms with E-state index in [2.05, 4.69) is 82.4 Å². The maximum absolute atomic E-state index is 13.8. The van der Waals surface area contributed by atoms with Crippen LogP contribution >= 0.6 is 11.8 Å². The van der Waals surface area contributed by atoms with E-state index < -0.39 is 53.7 Å². The van der Waals surface area contributed by atoms with Crippen LogP contribution in [0.2, 0.25) is 0 Å². The second-order valence-corrected chi connectivity index (χ2v) is 18.5. The monoisotopic (exact) mass is 925 g/mol. The number of allylic oxidation sites excluding steroid dienone is 1. The van der Waals surface area contributed by atoms with E-state index in [4.69, 9.17) is 33.7 Å². The van der Waals surface area contributed by atoms with Gasteiger partial charge in [-0.05, 0) is 105 Å². The summed E-state index contributed by atoms with van der Waals surface area (Å²) in [6.45, 7) is 21.8. The summed E-state index contributed by atoms with van der Waals surface area (Å²) in [7, 11) is 1.77. The summed E-state index contributed by atoms with van der Waals surface area (Å²) in [5.74, 6) is -2.25. The second-order valence-electron chi connectivity index (χ2n) is 17.3. The Morgan fingerprint density at radius 3 is 2.14 bits per heavy atom. The van der Waals surface area contributed by atoms with E-state index in [1.54, 1.807) is 11.9 Å². The molecule has 354 valence electrons. The van der Waals surface area contributed by atoms with Gasteiger partial charge in [-0.3, -0.25) is 29.0 Å². The van der Waals surface area contributed by atoms with Gasteiger partial charge >= 0.3 is 23.9 Å². The summed E-state index contributed by atoms with van der Waals surface area (Å²) in [5, 5.41) is 0. The highest BCUT2D eigenvalue weighted by Gasteiger charge is 2.52. The van der Waals surface area contributed by atoms with Crippen LogP contribution in [0, 0.1) is 20.8 Å². The highest BCUT2D eigenvalue weighted by atomic mass is 32.2. The Hall–Kier alpha value is -5.74. The zero-order valence-electron chi connectivity index (χ0n) is 39.9. The molecule has 16 heteroatoms. The smallest absolute Gasteiger partial charge is 0.303 e. The van der Waals surface area contributed by atoms with Gasteiger partial charge in [0.2, 0.25) is 5.91 Å². The van der Waals surface area contributed by atoms with Gasteiger partial charge in [-0.15, -0.1) is 11.8 Å². The third-order valence-corrected chi connectivity index (χ3v) is 13.9. The molecule has 0 spiro atoms. The Balaban J connectivity index is 1.22. The van der Waals surface area contributed by atoms with Crippen molar-refractivity contribution in [1.82, 2.24) is 24.8 Å². The first-order valence-corrected chi connectivity index (χ1v) is 23.6. The number of esters is 4. The zero-order valence-corrected chi connectivity index (χ0v) is 40.7. The molecule has 6 heterocycles. The molecule has 0 aromatic carbocycles. The molecule has 0 unspecified atom stereocenters. The molecule has 6 rings (SSSR count). The van der Waals surface area contributed by atoms with Gasteiger partial charge in [0.15, 0.2) is 18.3 Å². The van der Waals surface area contributed by atoms with Crippen LogP contribution in [-0.4, -0.2) is 110 Å². The van der Waals surface area contributed by atoms with Gasteiger partial charge < -0.3 is 38.6 Å².